The largest absolute Gasteiger partial charge is 0.481 e. The Morgan fingerprint density at radius 3 is 2.71 bits per heavy atom. The zero-order chi connectivity index (χ0) is 14.4. The number of aliphatic hydroxyl groups excluding tert-OH is 1. The zero-order valence-corrected chi connectivity index (χ0v) is 13.0. The van der Waals surface area contributed by atoms with Crippen LogP contribution in [0, 0.1) is 0 Å². The molecule has 118 valence electrons. The summed E-state index contributed by atoms with van der Waals surface area (Å²) in [5, 5.41) is 17.9. The standard InChI is InChI=1S/C16H23NO3.ClH/c18-12-11-17(10-4-3-7-16(19)20)15-9-8-13-5-1-2-6-14(13)15;/h1-2,5-6,15,18H,3-4,7-12H2,(H,19,20);1H. The van der Waals surface area contributed by atoms with Gasteiger partial charge in [0.25, 0.3) is 0 Å². The minimum absolute atomic E-state index is 0. The third-order valence-electron chi connectivity index (χ3n) is 4.02. The molecule has 1 aromatic carbocycles. The van der Waals surface area contributed by atoms with Crippen molar-refractivity contribution in [1.29, 1.82) is 0 Å². The lowest BCUT2D eigenvalue weighted by molar-refractivity contribution is -0.137. The van der Waals surface area contributed by atoms with Gasteiger partial charge in [-0.15, -0.1) is 12.4 Å². The van der Waals surface area contributed by atoms with Gasteiger partial charge in [-0.3, -0.25) is 9.69 Å². The lowest BCUT2D eigenvalue weighted by Crippen LogP contribution is -2.31. The Kier molecular flexibility index (Phi) is 7.72. The molecule has 2 N–H and O–H groups in total. The second kappa shape index (κ2) is 9.03. The fourth-order valence-electron chi connectivity index (χ4n) is 3.06. The van der Waals surface area contributed by atoms with E-state index in [1.54, 1.807) is 0 Å². The SMILES string of the molecule is Cl.O=C(O)CCCCN(CCO)C1CCc2ccccc21. The van der Waals surface area contributed by atoms with Crippen molar-refractivity contribution in [1.82, 2.24) is 4.90 Å². The first-order valence-electron chi connectivity index (χ1n) is 7.37. The van der Waals surface area contributed by atoms with E-state index in [0.717, 1.165) is 25.8 Å². The van der Waals surface area contributed by atoms with Gasteiger partial charge in [0.1, 0.15) is 0 Å². The predicted octanol–water partition coefficient (Wildman–Crippen LogP) is 2.64. The Balaban J connectivity index is 0.00000220. The Labute approximate surface area is 132 Å². The van der Waals surface area contributed by atoms with Gasteiger partial charge in [-0.1, -0.05) is 24.3 Å². The molecule has 1 aliphatic rings. The van der Waals surface area contributed by atoms with Gasteiger partial charge in [0.05, 0.1) is 6.61 Å². The third kappa shape index (κ3) is 4.99. The minimum atomic E-state index is -0.732. The van der Waals surface area contributed by atoms with Gasteiger partial charge in [-0.25, -0.2) is 0 Å². The van der Waals surface area contributed by atoms with Crippen molar-refractivity contribution in [3.8, 4) is 0 Å². The second-order valence-corrected chi connectivity index (χ2v) is 5.36. The summed E-state index contributed by atoms with van der Waals surface area (Å²) < 4.78 is 0. The molecule has 5 heteroatoms. The van der Waals surface area contributed by atoms with E-state index in [2.05, 4.69) is 29.2 Å². The van der Waals surface area contributed by atoms with Crippen molar-refractivity contribution in [2.24, 2.45) is 0 Å². The number of rotatable bonds is 8. The Morgan fingerprint density at radius 1 is 1.24 bits per heavy atom. The molecule has 0 radical (unpaired) electrons. The number of carboxylic acid groups (broad SMARTS) is 1. The fraction of sp³-hybridized carbons (Fsp3) is 0.562. The molecule has 0 spiro atoms. The van der Waals surface area contributed by atoms with Crippen LogP contribution in [0.1, 0.15) is 42.9 Å². The molecule has 0 bridgehead atoms. The summed E-state index contributed by atoms with van der Waals surface area (Å²) >= 11 is 0. The monoisotopic (exact) mass is 313 g/mol. The highest BCUT2D eigenvalue weighted by atomic mass is 35.5. The van der Waals surface area contributed by atoms with E-state index in [9.17, 15) is 9.90 Å². The normalized spacial score (nSPS) is 16.6. The summed E-state index contributed by atoms with van der Waals surface area (Å²) in [4.78, 5) is 12.8. The highest BCUT2D eigenvalue weighted by molar-refractivity contribution is 5.85. The summed E-state index contributed by atoms with van der Waals surface area (Å²) in [6, 6.07) is 8.87. The van der Waals surface area contributed by atoms with Crippen LogP contribution in [0.2, 0.25) is 0 Å². The van der Waals surface area contributed by atoms with Gasteiger partial charge >= 0.3 is 5.97 Å². The van der Waals surface area contributed by atoms with Gasteiger partial charge in [0, 0.05) is 19.0 Å². The summed E-state index contributed by atoms with van der Waals surface area (Å²) in [5.41, 5.74) is 2.78. The van der Waals surface area contributed by atoms with Crippen LogP contribution >= 0.6 is 12.4 Å². The van der Waals surface area contributed by atoms with Crippen molar-refractivity contribution >= 4 is 18.4 Å². The molecule has 0 amide bonds. The zero-order valence-electron chi connectivity index (χ0n) is 12.2. The Bertz CT molecular complexity index is 453. The molecule has 1 unspecified atom stereocenters. The van der Waals surface area contributed by atoms with E-state index in [1.807, 2.05) is 0 Å². The van der Waals surface area contributed by atoms with Gasteiger partial charge in [-0.05, 0) is 43.4 Å². The topological polar surface area (TPSA) is 60.8 Å². The molecular formula is C16H24ClNO3. The average Bonchev–Trinajstić information content (AvgIpc) is 2.86. The molecule has 2 rings (SSSR count). The molecule has 0 heterocycles. The molecule has 0 aliphatic heterocycles. The maximum Gasteiger partial charge on any atom is 0.303 e. The van der Waals surface area contributed by atoms with Crippen LogP contribution in [0.25, 0.3) is 0 Å². The molecular weight excluding hydrogens is 290 g/mol. The lowest BCUT2D eigenvalue weighted by atomic mass is 10.1. The van der Waals surface area contributed by atoms with Crippen molar-refractivity contribution in [2.75, 3.05) is 19.7 Å². The van der Waals surface area contributed by atoms with Crippen LogP contribution in [-0.4, -0.2) is 40.8 Å². The number of halogens is 1. The smallest absolute Gasteiger partial charge is 0.303 e. The predicted molar refractivity (Wildman–Crippen MR) is 84.9 cm³/mol. The number of hydrogen-bond acceptors (Lipinski definition) is 3. The first kappa shape index (κ1) is 18.0. The van der Waals surface area contributed by atoms with Gasteiger partial charge < -0.3 is 10.2 Å². The minimum Gasteiger partial charge on any atom is -0.481 e. The molecule has 1 aliphatic carbocycles. The molecule has 0 aromatic heterocycles. The van der Waals surface area contributed by atoms with Crippen LogP contribution in [0.15, 0.2) is 24.3 Å². The van der Waals surface area contributed by atoms with E-state index in [4.69, 9.17) is 5.11 Å². The van der Waals surface area contributed by atoms with E-state index in [1.165, 1.54) is 11.1 Å². The average molecular weight is 314 g/mol. The van der Waals surface area contributed by atoms with E-state index in [0.29, 0.717) is 19.0 Å². The number of aliphatic carboxylic acids is 1. The maximum atomic E-state index is 10.5. The number of unbranched alkanes of at least 4 members (excludes halogenated alkanes) is 1. The number of nitrogens with zero attached hydrogens (tertiary/aromatic N) is 1. The molecule has 0 saturated carbocycles. The van der Waals surface area contributed by atoms with E-state index >= 15 is 0 Å². The summed E-state index contributed by atoms with van der Waals surface area (Å²) in [7, 11) is 0. The number of benzene rings is 1. The summed E-state index contributed by atoms with van der Waals surface area (Å²) in [6.45, 7) is 1.66. The van der Waals surface area contributed by atoms with Crippen molar-refractivity contribution in [2.45, 2.75) is 38.1 Å². The van der Waals surface area contributed by atoms with Crippen molar-refractivity contribution < 1.29 is 15.0 Å². The van der Waals surface area contributed by atoms with Crippen LogP contribution in [0.5, 0.6) is 0 Å². The summed E-state index contributed by atoms with van der Waals surface area (Å²) in [5.74, 6) is -0.732. The molecule has 0 fully saturated rings. The van der Waals surface area contributed by atoms with Crippen molar-refractivity contribution in [3.05, 3.63) is 35.4 Å². The number of carboxylic acids is 1. The number of fused-ring (bicyclic) bond motifs is 1. The molecule has 1 aromatic rings. The number of carbonyl (C=O) groups is 1. The van der Waals surface area contributed by atoms with Gasteiger partial charge in [0.15, 0.2) is 0 Å². The fourth-order valence-corrected chi connectivity index (χ4v) is 3.06. The Hall–Kier alpha value is -1.10. The molecule has 0 saturated heterocycles. The third-order valence-corrected chi connectivity index (χ3v) is 4.02. The van der Waals surface area contributed by atoms with Gasteiger partial charge in [-0.2, -0.15) is 0 Å². The van der Waals surface area contributed by atoms with Gasteiger partial charge in [0.2, 0.25) is 0 Å². The highest BCUT2D eigenvalue weighted by Crippen LogP contribution is 2.35. The van der Waals surface area contributed by atoms with Crippen LogP contribution in [0.3, 0.4) is 0 Å². The summed E-state index contributed by atoms with van der Waals surface area (Å²) in [6.07, 6.45) is 3.99. The molecule has 4 nitrogen and oxygen atoms in total. The lowest BCUT2D eigenvalue weighted by Gasteiger charge is -2.29. The maximum absolute atomic E-state index is 10.5. The highest BCUT2D eigenvalue weighted by Gasteiger charge is 2.26. The van der Waals surface area contributed by atoms with E-state index < -0.39 is 5.97 Å². The van der Waals surface area contributed by atoms with Crippen LogP contribution in [0.4, 0.5) is 0 Å². The van der Waals surface area contributed by atoms with Crippen LogP contribution in [-0.2, 0) is 11.2 Å². The molecule has 21 heavy (non-hydrogen) atoms. The number of hydrogen-bond donors (Lipinski definition) is 2. The van der Waals surface area contributed by atoms with E-state index in [-0.39, 0.29) is 25.4 Å². The quantitative estimate of drug-likeness (QED) is 0.724. The Morgan fingerprint density at radius 2 is 2.00 bits per heavy atom. The first-order chi connectivity index (χ1) is 9.72. The first-order valence-corrected chi connectivity index (χ1v) is 7.37. The number of aliphatic hydroxyl groups is 1. The van der Waals surface area contributed by atoms with Crippen molar-refractivity contribution in [3.63, 3.8) is 0 Å². The van der Waals surface area contributed by atoms with Crippen LogP contribution < -0.4 is 0 Å². The molecule has 1 atom stereocenters. The second-order valence-electron chi connectivity index (χ2n) is 5.36. The number of aryl methyl sites for hydroxylation is 1.